The van der Waals surface area contributed by atoms with E-state index in [0.29, 0.717) is 34.9 Å². The number of hydrogen-bond donors (Lipinski definition) is 0. The first-order valence-electron chi connectivity index (χ1n) is 10.6. The monoisotopic (exact) mass is 344 g/mol. The van der Waals surface area contributed by atoms with Gasteiger partial charge in [0.15, 0.2) is 0 Å². The number of fused-ring (bicyclic) bond motifs is 7. The van der Waals surface area contributed by atoms with Gasteiger partial charge in [-0.05, 0) is 80.0 Å². The van der Waals surface area contributed by atoms with E-state index in [1.54, 1.807) is 6.92 Å². The van der Waals surface area contributed by atoms with Gasteiger partial charge in [-0.1, -0.05) is 13.8 Å². The maximum atomic E-state index is 12.3. The predicted molar refractivity (Wildman–Crippen MR) is 94.7 cm³/mol. The first kappa shape index (κ1) is 16.3. The van der Waals surface area contributed by atoms with E-state index in [4.69, 9.17) is 4.74 Å². The van der Waals surface area contributed by atoms with Crippen LogP contribution in [0.4, 0.5) is 0 Å². The Hall–Kier alpha value is -0.860. The minimum atomic E-state index is -0.115. The molecule has 0 spiro atoms. The number of hydrogen-bond acceptors (Lipinski definition) is 3. The van der Waals surface area contributed by atoms with Crippen LogP contribution in [0, 0.1) is 46.3 Å². The topological polar surface area (TPSA) is 43.4 Å². The van der Waals surface area contributed by atoms with E-state index < -0.39 is 0 Å². The Balaban J connectivity index is 1.44. The van der Waals surface area contributed by atoms with Crippen molar-refractivity contribution in [3.05, 3.63) is 0 Å². The van der Waals surface area contributed by atoms with E-state index in [0.717, 1.165) is 24.7 Å². The molecule has 3 heteroatoms. The molecule has 5 aliphatic carbocycles. The summed E-state index contributed by atoms with van der Waals surface area (Å²) < 4.78 is 5.75. The van der Waals surface area contributed by atoms with Crippen LogP contribution in [0.2, 0.25) is 0 Å². The second-order valence-corrected chi connectivity index (χ2v) is 10.4. The minimum absolute atomic E-state index is 0.115. The molecular weight excluding hydrogens is 312 g/mol. The molecule has 0 bridgehead atoms. The van der Waals surface area contributed by atoms with Crippen LogP contribution in [-0.2, 0) is 14.3 Å². The van der Waals surface area contributed by atoms with Gasteiger partial charge in [0.25, 0.3) is 0 Å². The second kappa shape index (κ2) is 5.10. The largest absolute Gasteiger partial charge is 0.462 e. The maximum absolute atomic E-state index is 12.3. The fourth-order valence-electron chi connectivity index (χ4n) is 8.35. The molecule has 5 aliphatic rings. The van der Waals surface area contributed by atoms with Crippen molar-refractivity contribution in [2.24, 2.45) is 46.3 Å². The summed E-state index contributed by atoms with van der Waals surface area (Å²) in [6.45, 7) is 6.50. The Morgan fingerprint density at radius 2 is 1.84 bits per heavy atom. The summed E-state index contributed by atoms with van der Waals surface area (Å²) >= 11 is 0. The highest BCUT2D eigenvalue weighted by atomic mass is 16.5. The third-order valence-corrected chi connectivity index (χ3v) is 9.64. The normalized spacial score (nSPS) is 56.3. The lowest BCUT2D eigenvalue weighted by Gasteiger charge is -2.60. The zero-order valence-corrected chi connectivity index (χ0v) is 15.9. The summed E-state index contributed by atoms with van der Waals surface area (Å²) in [5.74, 6) is 4.48. The molecule has 25 heavy (non-hydrogen) atoms. The van der Waals surface area contributed by atoms with Gasteiger partial charge in [0.2, 0.25) is 0 Å². The molecule has 0 aromatic carbocycles. The van der Waals surface area contributed by atoms with E-state index in [-0.39, 0.29) is 17.5 Å². The van der Waals surface area contributed by atoms with E-state index in [1.165, 1.54) is 38.5 Å². The molecule has 0 radical (unpaired) electrons. The highest BCUT2D eigenvalue weighted by molar-refractivity contribution is 5.85. The number of ketones is 1. The molecule has 0 heterocycles. The van der Waals surface area contributed by atoms with Gasteiger partial charge >= 0.3 is 5.97 Å². The molecular formula is C22H32O3. The highest BCUT2D eigenvalue weighted by Gasteiger charge is 2.68. The molecule has 0 aliphatic heterocycles. The van der Waals surface area contributed by atoms with Crippen molar-refractivity contribution < 1.29 is 14.3 Å². The number of ether oxygens (including phenoxy) is 1. The molecule has 3 nitrogen and oxygen atoms in total. The van der Waals surface area contributed by atoms with Crippen LogP contribution in [0.15, 0.2) is 0 Å². The van der Waals surface area contributed by atoms with Crippen molar-refractivity contribution in [1.29, 1.82) is 0 Å². The molecule has 0 N–H and O–H groups in total. The van der Waals surface area contributed by atoms with E-state index in [2.05, 4.69) is 13.8 Å². The molecule has 9 unspecified atom stereocenters. The maximum Gasteiger partial charge on any atom is 0.302 e. The lowest BCUT2D eigenvalue weighted by atomic mass is 9.45. The Labute approximate surface area is 151 Å². The Bertz CT molecular complexity index is 627. The number of rotatable bonds is 1. The Morgan fingerprint density at radius 3 is 2.60 bits per heavy atom. The first-order valence-corrected chi connectivity index (χ1v) is 10.6. The van der Waals surface area contributed by atoms with Crippen molar-refractivity contribution in [2.75, 3.05) is 0 Å². The Morgan fingerprint density at radius 1 is 1.04 bits per heavy atom. The highest BCUT2D eigenvalue weighted by Crippen LogP contribution is 2.72. The van der Waals surface area contributed by atoms with E-state index >= 15 is 0 Å². The molecule has 0 aromatic heterocycles. The van der Waals surface area contributed by atoms with Crippen molar-refractivity contribution >= 4 is 11.8 Å². The van der Waals surface area contributed by atoms with Gasteiger partial charge in [-0.15, -0.1) is 0 Å². The van der Waals surface area contributed by atoms with Gasteiger partial charge in [0, 0.05) is 24.7 Å². The number of Topliss-reactive ketones (excluding diaryl/α,β-unsaturated/α-hetero) is 1. The van der Waals surface area contributed by atoms with E-state index in [9.17, 15) is 9.59 Å². The number of carbonyl (C=O) groups excluding carboxylic acids is 2. The minimum Gasteiger partial charge on any atom is -0.462 e. The molecule has 0 saturated heterocycles. The smallest absolute Gasteiger partial charge is 0.302 e. The number of esters is 1. The lowest BCUT2D eigenvalue weighted by molar-refractivity contribution is -0.163. The molecule has 0 aromatic rings. The van der Waals surface area contributed by atoms with Crippen molar-refractivity contribution in [3.63, 3.8) is 0 Å². The molecule has 138 valence electrons. The summed E-state index contributed by atoms with van der Waals surface area (Å²) in [5.41, 5.74) is 0.589. The van der Waals surface area contributed by atoms with Crippen molar-refractivity contribution in [1.82, 2.24) is 0 Å². The number of carbonyl (C=O) groups is 2. The summed E-state index contributed by atoms with van der Waals surface area (Å²) in [4.78, 5) is 23.9. The fourth-order valence-corrected chi connectivity index (χ4v) is 8.35. The summed E-state index contributed by atoms with van der Waals surface area (Å²) in [7, 11) is 0. The Kier molecular flexibility index (Phi) is 3.33. The van der Waals surface area contributed by atoms with Crippen LogP contribution in [0.1, 0.15) is 72.1 Å². The lowest BCUT2D eigenvalue weighted by Crippen LogP contribution is -2.55. The van der Waals surface area contributed by atoms with Gasteiger partial charge in [0.1, 0.15) is 11.9 Å². The standard InChI is InChI=1S/C22H32O3/c1-12(23)25-20-7-6-16-14-5-4-13-10-19(24)15-11-18(15)22(13,3)17(14)8-9-21(16,20)2/h13-18,20H,4-11H2,1-3H3. The summed E-state index contributed by atoms with van der Waals surface area (Å²) in [6.07, 6.45) is 9.46. The van der Waals surface area contributed by atoms with Gasteiger partial charge in [-0.2, -0.15) is 0 Å². The second-order valence-electron chi connectivity index (χ2n) is 10.4. The molecule has 0 amide bonds. The molecule has 5 fully saturated rings. The zero-order valence-electron chi connectivity index (χ0n) is 15.9. The molecule has 5 rings (SSSR count). The van der Waals surface area contributed by atoms with Crippen LogP contribution in [0.25, 0.3) is 0 Å². The van der Waals surface area contributed by atoms with Crippen LogP contribution in [0.3, 0.4) is 0 Å². The quantitative estimate of drug-likeness (QED) is 0.663. The first-order chi connectivity index (χ1) is 11.9. The fraction of sp³-hybridized carbons (Fsp3) is 0.909. The zero-order chi connectivity index (χ0) is 17.6. The van der Waals surface area contributed by atoms with Gasteiger partial charge in [0.05, 0.1) is 0 Å². The van der Waals surface area contributed by atoms with Gasteiger partial charge in [-0.25, -0.2) is 0 Å². The average molecular weight is 344 g/mol. The van der Waals surface area contributed by atoms with Gasteiger partial charge < -0.3 is 4.74 Å². The average Bonchev–Trinajstić information content (AvgIpc) is 3.30. The molecule has 5 saturated carbocycles. The van der Waals surface area contributed by atoms with Crippen LogP contribution in [0.5, 0.6) is 0 Å². The third-order valence-electron chi connectivity index (χ3n) is 9.64. The molecule has 9 atom stereocenters. The van der Waals surface area contributed by atoms with Crippen molar-refractivity contribution in [2.45, 2.75) is 78.2 Å². The summed E-state index contributed by atoms with van der Waals surface area (Å²) in [5, 5.41) is 0. The van der Waals surface area contributed by atoms with Crippen LogP contribution < -0.4 is 0 Å². The van der Waals surface area contributed by atoms with E-state index in [1.807, 2.05) is 0 Å². The summed E-state index contributed by atoms with van der Waals surface area (Å²) in [6, 6.07) is 0. The predicted octanol–water partition coefficient (Wildman–Crippen LogP) is 4.39. The SMILES string of the molecule is CC(=O)OC1CCC2C3CCC4CC(=O)C5CC5C4(C)C3CCC12C. The van der Waals surface area contributed by atoms with Crippen LogP contribution in [-0.4, -0.2) is 17.9 Å². The van der Waals surface area contributed by atoms with Crippen molar-refractivity contribution in [3.8, 4) is 0 Å². The third kappa shape index (κ3) is 2.04. The van der Waals surface area contributed by atoms with Crippen LogP contribution >= 0.6 is 0 Å². The van der Waals surface area contributed by atoms with Gasteiger partial charge in [-0.3, -0.25) is 9.59 Å².